The lowest BCUT2D eigenvalue weighted by Crippen LogP contribution is -2.19. The fraction of sp³-hybridized carbons (Fsp3) is 0.238. The van der Waals surface area contributed by atoms with Crippen LogP contribution in [0.3, 0.4) is 0 Å². The van der Waals surface area contributed by atoms with Gasteiger partial charge in [-0.05, 0) is 48.4 Å². The van der Waals surface area contributed by atoms with Gasteiger partial charge in [0, 0.05) is 29.1 Å². The van der Waals surface area contributed by atoms with Crippen LogP contribution in [0.25, 0.3) is 0 Å². The highest BCUT2D eigenvalue weighted by Gasteiger charge is 2.36. The van der Waals surface area contributed by atoms with Crippen LogP contribution in [0.1, 0.15) is 24.5 Å². The van der Waals surface area contributed by atoms with Crippen LogP contribution >= 0.6 is 15.9 Å². The molecule has 3 aromatic rings. The lowest BCUT2D eigenvalue weighted by molar-refractivity contribution is -0.137. The molecule has 0 saturated heterocycles. The summed E-state index contributed by atoms with van der Waals surface area (Å²) in [5, 5.41) is 2.98. The van der Waals surface area contributed by atoms with E-state index in [4.69, 9.17) is 0 Å². The second kappa shape index (κ2) is 8.82. The van der Waals surface area contributed by atoms with E-state index in [1.807, 2.05) is 24.3 Å². The Bertz CT molecular complexity index is 957. The highest BCUT2D eigenvalue weighted by molar-refractivity contribution is 9.10. The minimum Gasteiger partial charge on any atom is -0.329 e. The molecule has 152 valence electrons. The van der Waals surface area contributed by atoms with E-state index in [-0.39, 0.29) is 11.8 Å². The highest BCUT2D eigenvalue weighted by atomic mass is 79.9. The second-order valence-corrected chi connectivity index (χ2v) is 7.45. The average Bonchev–Trinajstić information content (AvgIpc) is 2.69. The lowest BCUT2D eigenvalue weighted by Gasteiger charge is -2.23. The van der Waals surface area contributed by atoms with Crippen LogP contribution in [0.4, 0.5) is 36.3 Å². The fourth-order valence-electron chi connectivity index (χ4n) is 2.85. The zero-order valence-corrected chi connectivity index (χ0v) is 17.5. The van der Waals surface area contributed by atoms with Crippen molar-refractivity contribution >= 4 is 39.1 Å². The molecule has 0 radical (unpaired) electrons. The lowest BCUT2D eigenvalue weighted by atomic mass is 10.1. The second-order valence-electron chi connectivity index (χ2n) is 6.54. The van der Waals surface area contributed by atoms with Crippen LogP contribution in [-0.2, 0) is 12.6 Å². The first kappa shape index (κ1) is 21.1. The first-order chi connectivity index (χ1) is 13.8. The van der Waals surface area contributed by atoms with E-state index < -0.39 is 11.7 Å². The zero-order valence-electron chi connectivity index (χ0n) is 16.0. The van der Waals surface area contributed by atoms with Crippen molar-refractivity contribution in [2.24, 2.45) is 0 Å². The SMILES string of the molecule is CCCc1ccc(Nc2ncc(C(F)(F)F)c(N(C)c3ccc(Br)cc3)n2)cc1. The smallest absolute Gasteiger partial charge is 0.329 e. The summed E-state index contributed by atoms with van der Waals surface area (Å²) in [5.41, 5.74) is 1.59. The number of aryl methyl sites for hydroxylation is 1. The summed E-state index contributed by atoms with van der Waals surface area (Å²) in [5.74, 6) is -0.125. The molecule has 0 spiro atoms. The topological polar surface area (TPSA) is 41.1 Å². The molecular weight excluding hydrogens is 445 g/mol. The molecule has 0 aliphatic rings. The number of benzene rings is 2. The molecule has 0 unspecified atom stereocenters. The van der Waals surface area contributed by atoms with Crippen LogP contribution in [0.2, 0.25) is 0 Å². The van der Waals surface area contributed by atoms with Gasteiger partial charge in [-0.15, -0.1) is 0 Å². The molecule has 0 aliphatic carbocycles. The summed E-state index contributed by atoms with van der Waals surface area (Å²) >= 11 is 3.33. The Balaban J connectivity index is 1.94. The normalized spacial score (nSPS) is 11.4. The Morgan fingerprint density at radius 2 is 1.69 bits per heavy atom. The quantitative estimate of drug-likeness (QED) is 0.439. The van der Waals surface area contributed by atoms with E-state index in [2.05, 4.69) is 38.1 Å². The van der Waals surface area contributed by atoms with Crippen molar-refractivity contribution < 1.29 is 13.2 Å². The molecule has 1 heterocycles. The van der Waals surface area contributed by atoms with Crippen molar-refractivity contribution in [2.45, 2.75) is 25.9 Å². The molecule has 0 atom stereocenters. The van der Waals surface area contributed by atoms with E-state index in [1.54, 1.807) is 31.3 Å². The van der Waals surface area contributed by atoms with Crippen LogP contribution in [0.15, 0.2) is 59.2 Å². The van der Waals surface area contributed by atoms with Crippen molar-refractivity contribution in [1.29, 1.82) is 0 Å². The monoisotopic (exact) mass is 464 g/mol. The third-order valence-electron chi connectivity index (χ3n) is 4.35. The summed E-state index contributed by atoms with van der Waals surface area (Å²) < 4.78 is 41.4. The van der Waals surface area contributed by atoms with Crippen LogP contribution in [-0.4, -0.2) is 17.0 Å². The largest absolute Gasteiger partial charge is 0.421 e. The van der Waals surface area contributed by atoms with Crippen molar-refractivity contribution in [3.8, 4) is 0 Å². The number of alkyl halides is 3. The number of nitrogens with zero attached hydrogens (tertiary/aromatic N) is 3. The molecule has 0 amide bonds. The van der Waals surface area contributed by atoms with Gasteiger partial charge in [0.25, 0.3) is 0 Å². The van der Waals surface area contributed by atoms with Gasteiger partial charge in [-0.3, -0.25) is 0 Å². The number of anilines is 4. The third kappa shape index (κ3) is 5.26. The number of hydrogen-bond acceptors (Lipinski definition) is 4. The molecule has 3 rings (SSSR count). The molecule has 1 aromatic heterocycles. The summed E-state index contributed by atoms with van der Waals surface area (Å²) in [4.78, 5) is 9.43. The average molecular weight is 465 g/mol. The number of aromatic nitrogens is 2. The van der Waals surface area contributed by atoms with E-state index >= 15 is 0 Å². The minimum atomic E-state index is -4.57. The van der Waals surface area contributed by atoms with E-state index in [9.17, 15) is 13.2 Å². The van der Waals surface area contributed by atoms with Gasteiger partial charge in [0.1, 0.15) is 5.56 Å². The van der Waals surface area contributed by atoms with Crippen molar-refractivity contribution in [1.82, 2.24) is 9.97 Å². The Morgan fingerprint density at radius 1 is 1.03 bits per heavy atom. The van der Waals surface area contributed by atoms with Crippen LogP contribution in [0.5, 0.6) is 0 Å². The first-order valence-corrected chi connectivity index (χ1v) is 9.86. The van der Waals surface area contributed by atoms with Gasteiger partial charge in [0.15, 0.2) is 5.82 Å². The molecular formula is C21H20BrF3N4. The van der Waals surface area contributed by atoms with E-state index in [0.29, 0.717) is 11.4 Å². The Labute approximate surface area is 175 Å². The van der Waals surface area contributed by atoms with Gasteiger partial charge in [-0.2, -0.15) is 18.2 Å². The van der Waals surface area contributed by atoms with Crippen molar-refractivity contribution in [2.75, 3.05) is 17.3 Å². The molecule has 0 fully saturated rings. The van der Waals surface area contributed by atoms with Crippen molar-refractivity contribution in [3.63, 3.8) is 0 Å². The van der Waals surface area contributed by atoms with Gasteiger partial charge in [-0.1, -0.05) is 41.4 Å². The zero-order chi connectivity index (χ0) is 21.0. The van der Waals surface area contributed by atoms with Crippen molar-refractivity contribution in [3.05, 3.63) is 70.3 Å². The highest BCUT2D eigenvalue weighted by Crippen LogP contribution is 2.37. The summed E-state index contributed by atoms with van der Waals surface area (Å²) in [6.07, 6.45) is -1.75. The number of nitrogens with one attached hydrogen (secondary N) is 1. The molecule has 0 aliphatic heterocycles. The Kier molecular flexibility index (Phi) is 6.42. The van der Waals surface area contributed by atoms with Gasteiger partial charge < -0.3 is 10.2 Å². The summed E-state index contributed by atoms with van der Waals surface area (Å²) in [6, 6.07) is 14.6. The van der Waals surface area contributed by atoms with Crippen LogP contribution < -0.4 is 10.2 Å². The van der Waals surface area contributed by atoms with E-state index in [0.717, 1.165) is 23.5 Å². The molecule has 4 nitrogen and oxygen atoms in total. The predicted octanol–water partition coefficient (Wildman–Crippen LogP) is 6.72. The van der Waals surface area contributed by atoms with Gasteiger partial charge >= 0.3 is 6.18 Å². The van der Waals surface area contributed by atoms with Gasteiger partial charge in [0.05, 0.1) is 0 Å². The maximum absolute atomic E-state index is 13.5. The third-order valence-corrected chi connectivity index (χ3v) is 4.88. The molecule has 1 N–H and O–H groups in total. The molecule has 2 aromatic carbocycles. The van der Waals surface area contributed by atoms with Gasteiger partial charge in [0.2, 0.25) is 5.95 Å². The molecule has 0 bridgehead atoms. The van der Waals surface area contributed by atoms with Crippen LogP contribution in [0, 0.1) is 0 Å². The number of halogens is 4. The predicted molar refractivity (Wildman–Crippen MR) is 113 cm³/mol. The molecule has 29 heavy (non-hydrogen) atoms. The summed E-state index contributed by atoms with van der Waals surface area (Å²) in [7, 11) is 1.55. The summed E-state index contributed by atoms with van der Waals surface area (Å²) in [6.45, 7) is 2.10. The molecule has 8 heteroatoms. The number of rotatable bonds is 6. The number of hydrogen-bond donors (Lipinski definition) is 1. The maximum atomic E-state index is 13.5. The Hall–Kier alpha value is -2.61. The maximum Gasteiger partial charge on any atom is 0.421 e. The Morgan fingerprint density at radius 3 is 2.28 bits per heavy atom. The first-order valence-electron chi connectivity index (χ1n) is 9.07. The standard InChI is InChI=1S/C21H20BrF3N4/c1-3-4-14-5-9-16(10-6-14)27-20-26-13-18(21(23,24)25)19(28-20)29(2)17-11-7-15(22)8-12-17/h5-13H,3-4H2,1-2H3,(H,26,27,28). The minimum absolute atomic E-state index is 0.0974. The fourth-order valence-corrected chi connectivity index (χ4v) is 3.11. The van der Waals surface area contributed by atoms with Gasteiger partial charge in [-0.25, -0.2) is 4.98 Å². The van der Waals surface area contributed by atoms with E-state index in [1.165, 1.54) is 10.5 Å². The molecule has 0 saturated carbocycles.